The fourth-order valence-corrected chi connectivity index (χ4v) is 1.19. The number of rotatable bonds is 4. The zero-order valence-corrected chi connectivity index (χ0v) is 8.97. The molecule has 0 heterocycles. The van der Waals surface area contributed by atoms with Crippen LogP contribution in [0.25, 0.3) is 0 Å². The minimum absolute atomic E-state index is 0.193. The lowest BCUT2D eigenvalue weighted by Gasteiger charge is -2.06. The number of anilines is 1. The molecular formula is C10H11ClFNO2. The normalized spacial score (nSPS) is 9.80. The summed E-state index contributed by atoms with van der Waals surface area (Å²) in [7, 11) is 1.31. The molecule has 0 unspecified atom stereocenters. The topological polar surface area (TPSA) is 38.3 Å². The van der Waals surface area contributed by atoms with E-state index in [4.69, 9.17) is 11.6 Å². The summed E-state index contributed by atoms with van der Waals surface area (Å²) < 4.78 is 17.6. The third-order valence-corrected chi connectivity index (χ3v) is 2.04. The maximum Gasteiger partial charge on any atom is 0.307 e. The van der Waals surface area contributed by atoms with Crippen LogP contribution in [0.1, 0.15) is 6.42 Å². The number of carbonyl (C=O) groups excluding carboxylic acids is 1. The van der Waals surface area contributed by atoms with E-state index in [1.807, 2.05) is 0 Å². The van der Waals surface area contributed by atoms with Crippen molar-refractivity contribution in [3.05, 3.63) is 29.0 Å². The van der Waals surface area contributed by atoms with Crippen LogP contribution in [0, 0.1) is 5.82 Å². The fraction of sp³-hybridized carbons (Fsp3) is 0.300. The van der Waals surface area contributed by atoms with Crippen molar-refractivity contribution in [2.75, 3.05) is 19.0 Å². The lowest BCUT2D eigenvalue weighted by Crippen LogP contribution is -2.10. The van der Waals surface area contributed by atoms with Gasteiger partial charge in [0, 0.05) is 11.6 Å². The number of benzene rings is 1. The predicted molar refractivity (Wildman–Crippen MR) is 56.5 cm³/mol. The monoisotopic (exact) mass is 231 g/mol. The van der Waals surface area contributed by atoms with Gasteiger partial charge >= 0.3 is 5.97 Å². The summed E-state index contributed by atoms with van der Waals surface area (Å²) in [5, 5.41) is 3.11. The van der Waals surface area contributed by atoms with Crippen molar-refractivity contribution in [3.63, 3.8) is 0 Å². The van der Waals surface area contributed by atoms with Crippen molar-refractivity contribution in [3.8, 4) is 0 Å². The minimum atomic E-state index is -0.438. The van der Waals surface area contributed by atoms with E-state index < -0.39 is 5.82 Å². The number of hydrogen-bond acceptors (Lipinski definition) is 3. The minimum Gasteiger partial charge on any atom is -0.469 e. The molecule has 0 bridgehead atoms. The maximum absolute atomic E-state index is 13.2. The van der Waals surface area contributed by atoms with Crippen LogP contribution in [-0.2, 0) is 9.53 Å². The van der Waals surface area contributed by atoms with E-state index in [-0.39, 0.29) is 12.4 Å². The summed E-state index contributed by atoms with van der Waals surface area (Å²) >= 11 is 5.58. The molecule has 0 aliphatic rings. The highest BCUT2D eigenvalue weighted by Crippen LogP contribution is 2.18. The Morgan fingerprint density at radius 2 is 2.33 bits per heavy atom. The standard InChI is InChI=1S/C10H11ClFNO2/c1-15-10(14)4-5-13-9-3-2-7(11)6-8(9)12/h2-3,6,13H,4-5H2,1H3. The first kappa shape index (κ1) is 11.8. The summed E-state index contributed by atoms with van der Waals surface area (Å²) in [4.78, 5) is 10.8. The number of esters is 1. The molecule has 0 atom stereocenters. The van der Waals surface area contributed by atoms with Crippen molar-refractivity contribution >= 4 is 23.3 Å². The third-order valence-electron chi connectivity index (χ3n) is 1.80. The molecule has 0 fully saturated rings. The highest BCUT2D eigenvalue weighted by atomic mass is 35.5. The molecule has 0 aromatic heterocycles. The molecule has 0 aliphatic carbocycles. The van der Waals surface area contributed by atoms with Crippen molar-refractivity contribution in [1.29, 1.82) is 0 Å². The molecule has 3 nitrogen and oxygen atoms in total. The molecule has 82 valence electrons. The van der Waals surface area contributed by atoms with Gasteiger partial charge in [-0.2, -0.15) is 0 Å². The van der Waals surface area contributed by atoms with Crippen LogP contribution in [-0.4, -0.2) is 19.6 Å². The van der Waals surface area contributed by atoms with Crippen LogP contribution in [0.2, 0.25) is 5.02 Å². The van der Waals surface area contributed by atoms with Gasteiger partial charge in [0.1, 0.15) is 5.82 Å². The summed E-state index contributed by atoms with van der Waals surface area (Å²) in [6, 6.07) is 4.31. The second-order valence-corrected chi connectivity index (χ2v) is 3.31. The number of carbonyl (C=O) groups is 1. The van der Waals surface area contributed by atoms with Gasteiger partial charge in [0.25, 0.3) is 0 Å². The molecule has 5 heteroatoms. The second-order valence-electron chi connectivity index (χ2n) is 2.88. The molecule has 1 N–H and O–H groups in total. The summed E-state index contributed by atoms with van der Waals surface area (Å²) in [5.74, 6) is -0.774. The van der Waals surface area contributed by atoms with E-state index in [0.29, 0.717) is 17.3 Å². The first-order chi connectivity index (χ1) is 7.13. The first-order valence-corrected chi connectivity index (χ1v) is 4.77. The van der Waals surface area contributed by atoms with E-state index in [0.717, 1.165) is 0 Å². The van der Waals surface area contributed by atoms with Gasteiger partial charge < -0.3 is 10.1 Å². The molecule has 1 rings (SSSR count). The number of hydrogen-bond donors (Lipinski definition) is 1. The Balaban J connectivity index is 2.47. The summed E-state index contributed by atoms with van der Waals surface area (Å²) in [6.07, 6.45) is 0.193. The van der Waals surface area contributed by atoms with Crippen LogP contribution in [0.3, 0.4) is 0 Å². The van der Waals surface area contributed by atoms with E-state index in [1.165, 1.54) is 19.2 Å². The Labute approximate surface area is 92.2 Å². The summed E-state index contributed by atoms with van der Waals surface area (Å²) in [5.41, 5.74) is 0.323. The third kappa shape index (κ3) is 3.75. The Morgan fingerprint density at radius 1 is 1.60 bits per heavy atom. The van der Waals surface area contributed by atoms with Crippen LogP contribution < -0.4 is 5.32 Å². The van der Waals surface area contributed by atoms with Gasteiger partial charge in [-0.3, -0.25) is 4.79 Å². The zero-order chi connectivity index (χ0) is 11.3. The fourth-order valence-electron chi connectivity index (χ4n) is 1.03. The van der Waals surface area contributed by atoms with E-state index >= 15 is 0 Å². The highest BCUT2D eigenvalue weighted by molar-refractivity contribution is 6.30. The Kier molecular flexibility index (Phi) is 4.37. The zero-order valence-electron chi connectivity index (χ0n) is 8.22. The quantitative estimate of drug-likeness (QED) is 0.809. The molecule has 0 spiro atoms. The average Bonchev–Trinajstić information content (AvgIpc) is 2.21. The lowest BCUT2D eigenvalue weighted by atomic mass is 10.3. The van der Waals surface area contributed by atoms with Crippen LogP contribution >= 0.6 is 11.6 Å². The van der Waals surface area contributed by atoms with E-state index in [2.05, 4.69) is 10.1 Å². The first-order valence-electron chi connectivity index (χ1n) is 4.39. The predicted octanol–water partition coefficient (Wildman–Crippen LogP) is 2.45. The van der Waals surface area contributed by atoms with Gasteiger partial charge in [-0.1, -0.05) is 11.6 Å². The Bertz CT molecular complexity index is 357. The lowest BCUT2D eigenvalue weighted by molar-refractivity contribution is -0.140. The molecule has 0 amide bonds. The van der Waals surface area contributed by atoms with E-state index in [9.17, 15) is 9.18 Å². The van der Waals surface area contributed by atoms with Gasteiger partial charge in [-0.15, -0.1) is 0 Å². The van der Waals surface area contributed by atoms with Gasteiger partial charge in [0.05, 0.1) is 19.2 Å². The van der Waals surface area contributed by atoms with Gasteiger partial charge in [-0.25, -0.2) is 4.39 Å². The second kappa shape index (κ2) is 5.56. The molecule has 1 aromatic carbocycles. The Hall–Kier alpha value is -1.29. The van der Waals surface area contributed by atoms with Crippen molar-refractivity contribution < 1.29 is 13.9 Å². The van der Waals surface area contributed by atoms with Crippen molar-refractivity contribution in [1.82, 2.24) is 0 Å². The molecule has 15 heavy (non-hydrogen) atoms. The molecule has 0 saturated heterocycles. The van der Waals surface area contributed by atoms with Crippen molar-refractivity contribution in [2.24, 2.45) is 0 Å². The number of nitrogens with one attached hydrogen (secondary N) is 1. The molecule has 0 saturated carbocycles. The van der Waals surface area contributed by atoms with Crippen molar-refractivity contribution in [2.45, 2.75) is 6.42 Å². The molecule has 0 aliphatic heterocycles. The van der Waals surface area contributed by atoms with Crippen LogP contribution in [0.15, 0.2) is 18.2 Å². The van der Waals surface area contributed by atoms with Gasteiger partial charge in [-0.05, 0) is 18.2 Å². The maximum atomic E-state index is 13.2. The largest absolute Gasteiger partial charge is 0.469 e. The van der Waals surface area contributed by atoms with Gasteiger partial charge in [0.2, 0.25) is 0 Å². The number of methoxy groups -OCH3 is 1. The number of halogens is 2. The SMILES string of the molecule is COC(=O)CCNc1ccc(Cl)cc1F. The van der Waals surface area contributed by atoms with Gasteiger partial charge in [0.15, 0.2) is 0 Å². The number of ether oxygens (including phenoxy) is 1. The summed E-state index contributed by atoms with van der Waals surface area (Å²) in [6.45, 7) is 0.325. The Morgan fingerprint density at radius 3 is 2.93 bits per heavy atom. The molecular weight excluding hydrogens is 221 g/mol. The smallest absolute Gasteiger partial charge is 0.307 e. The van der Waals surface area contributed by atoms with Crippen LogP contribution in [0.4, 0.5) is 10.1 Å². The van der Waals surface area contributed by atoms with E-state index in [1.54, 1.807) is 6.07 Å². The van der Waals surface area contributed by atoms with Crippen LogP contribution in [0.5, 0.6) is 0 Å². The highest BCUT2D eigenvalue weighted by Gasteiger charge is 2.03. The molecule has 1 aromatic rings. The molecule has 0 radical (unpaired) electrons. The average molecular weight is 232 g/mol.